The molecule has 0 spiro atoms. The summed E-state index contributed by atoms with van der Waals surface area (Å²) in [5, 5.41) is 1.72. The monoisotopic (exact) mass is 298 g/mol. The van der Waals surface area contributed by atoms with Gasteiger partial charge < -0.3 is 0 Å². The molecule has 0 bridgehead atoms. The van der Waals surface area contributed by atoms with Gasteiger partial charge in [0.25, 0.3) is 5.56 Å². The highest BCUT2D eigenvalue weighted by Crippen LogP contribution is 2.29. The first kappa shape index (κ1) is 12.1. The van der Waals surface area contributed by atoms with Gasteiger partial charge in [-0.1, -0.05) is 41.0 Å². The van der Waals surface area contributed by atoms with Crippen LogP contribution in [0, 0.1) is 0 Å². The second kappa shape index (κ2) is 4.61. The molecular formula is C12H8Cl2N2OS. The summed E-state index contributed by atoms with van der Waals surface area (Å²) < 4.78 is 1.69. The van der Waals surface area contributed by atoms with Crippen molar-refractivity contribution in [2.45, 2.75) is 11.7 Å². The van der Waals surface area contributed by atoms with Crippen LogP contribution < -0.4 is 5.56 Å². The average Bonchev–Trinajstić information content (AvgIpc) is 2.81. The third-order valence-corrected chi connectivity index (χ3v) is 4.43. The molecule has 0 saturated heterocycles. The maximum atomic E-state index is 11.9. The third-order valence-electron chi connectivity index (χ3n) is 2.73. The molecule has 2 aromatic rings. The number of benzene rings is 1. The van der Waals surface area contributed by atoms with Crippen molar-refractivity contribution >= 4 is 35.0 Å². The van der Waals surface area contributed by atoms with E-state index in [2.05, 4.69) is 4.98 Å². The van der Waals surface area contributed by atoms with E-state index in [1.165, 1.54) is 6.07 Å². The Morgan fingerprint density at radius 2 is 2.06 bits per heavy atom. The van der Waals surface area contributed by atoms with E-state index in [0.29, 0.717) is 15.7 Å². The van der Waals surface area contributed by atoms with Gasteiger partial charge in [-0.05, 0) is 12.1 Å². The Morgan fingerprint density at radius 1 is 1.22 bits per heavy atom. The number of hydrogen-bond acceptors (Lipinski definition) is 3. The van der Waals surface area contributed by atoms with Gasteiger partial charge in [-0.15, -0.1) is 0 Å². The molecule has 92 valence electrons. The fourth-order valence-electron chi connectivity index (χ4n) is 1.83. The quantitative estimate of drug-likeness (QED) is 0.758. The van der Waals surface area contributed by atoms with Crippen LogP contribution in [-0.2, 0) is 6.54 Å². The summed E-state index contributed by atoms with van der Waals surface area (Å²) in [6.45, 7) is 0.730. The Hall–Kier alpha value is -0.970. The van der Waals surface area contributed by atoms with Crippen LogP contribution in [0.4, 0.5) is 0 Å². The smallest absolute Gasteiger partial charge is 0.254 e. The van der Waals surface area contributed by atoms with Crippen molar-refractivity contribution in [1.29, 1.82) is 0 Å². The van der Waals surface area contributed by atoms with Crippen LogP contribution in [0.5, 0.6) is 0 Å². The summed E-state index contributed by atoms with van der Waals surface area (Å²) in [6.07, 6.45) is 0. The molecular weight excluding hydrogens is 291 g/mol. The first-order chi connectivity index (χ1) is 8.65. The molecule has 1 aliphatic heterocycles. The van der Waals surface area contributed by atoms with Crippen LogP contribution >= 0.6 is 35.0 Å². The molecule has 0 fully saturated rings. The number of fused-ring (bicyclic) bond motifs is 1. The second-order valence-electron chi connectivity index (χ2n) is 3.89. The van der Waals surface area contributed by atoms with Crippen LogP contribution in [0.2, 0.25) is 10.0 Å². The van der Waals surface area contributed by atoms with Gasteiger partial charge in [0.2, 0.25) is 0 Å². The van der Waals surface area contributed by atoms with E-state index in [1.807, 2.05) is 6.07 Å². The van der Waals surface area contributed by atoms with Crippen molar-refractivity contribution in [2.24, 2.45) is 0 Å². The second-order valence-corrected chi connectivity index (χ2v) is 5.77. The van der Waals surface area contributed by atoms with E-state index in [1.54, 1.807) is 28.5 Å². The van der Waals surface area contributed by atoms with E-state index in [9.17, 15) is 4.79 Å². The summed E-state index contributed by atoms with van der Waals surface area (Å²) in [4.78, 5) is 16.4. The molecule has 3 nitrogen and oxygen atoms in total. The summed E-state index contributed by atoms with van der Waals surface area (Å²) >= 11 is 13.4. The minimum atomic E-state index is -0.0222. The van der Waals surface area contributed by atoms with Crippen molar-refractivity contribution in [3.05, 3.63) is 44.7 Å². The van der Waals surface area contributed by atoms with Crippen LogP contribution in [0.3, 0.4) is 0 Å². The molecule has 18 heavy (non-hydrogen) atoms. The third kappa shape index (κ3) is 2.05. The lowest BCUT2D eigenvalue weighted by molar-refractivity contribution is 0.658. The predicted molar refractivity (Wildman–Crippen MR) is 74.7 cm³/mol. The fraction of sp³-hybridized carbons (Fsp3) is 0.167. The van der Waals surface area contributed by atoms with E-state index in [4.69, 9.17) is 23.2 Å². The number of nitrogens with zero attached hydrogens (tertiary/aromatic N) is 2. The molecule has 0 radical (unpaired) electrons. The maximum absolute atomic E-state index is 11.9. The lowest BCUT2D eigenvalue weighted by Crippen LogP contribution is -2.19. The Labute approximate surface area is 118 Å². The van der Waals surface area contributed by atoms with Gasteiger partial charge in [-0.2, -0.15) is 0 Å². The van der Waals surface area contributed by atoms with Gasteiger partial charge in [0, 0.05) is 23.9 Å². The molecule has 1 aromatic carbocycles. The van der Waals surface area contributed by atoms with Crippen LogP contribution in [0.25, 0.3) is 11.3 Å². The van der Waals surface area contributed by atoms with Gasteiger partial charge in [-0.25, -0.2) is 4.98 Å². The molecule has 1 aliphatic rings. The Kier molecular flexibility index (Phi) is 3.09. The average molecular weight is 299 g/mol. The number of halogens is 2. The van der Waals surface area contributed by atoms with E-state index in [-0.39, 0.29) is 5.56 Å². The SMILES string of the molecule is O=c1cc(-c2ccc(Cl)c(Cl)c2)nc2n1CCS2. The normalized spacial score (nSPS) is 13.7. The number of thioether (sulfide) groups is 1. The zero-order valence-corrected chi connectivity index (χ0v) is 11.5. The first-order valence-corrected chi connectivity index (χ1v) is 7.09. The number of rotatable bonds is 1. The highest BCUT2D eigenvalue weighted by molar-refractivity contribution is 7.99. The van der Waals surface area contributed by atoms with Crippen LogP contribution in [0.15, 0.2) is 34.2 Å². The van der Waals surface area contributed by atoms with Crippen molar-refractivity contribution < 1.29 is 0 Å². The van der Waals surface area contributed by atoms with Gasteiger partial charge in [0.1, 0.15) is 0 Å². The molecule has 0 amide bonds. The molecule has 0 N–H and O–H groups in total. The Balaban J connectivity index is 2.15. The molecule has 0 atom stereocenters. The maximum Gasteiger partial charge on any atom is 0.254 e. The Bertz CT molecular complexity index is 684. The van der Waals surface area contributed by atoms with Gasteiger partial charge in [0.05, 0.1) is 15.7 Å². The number of aromatic nitrogens is 2. The molecule has 6 heteroatoms. The standard InChI is InChI=1S/C12H8Cl2N2OS/c13-8-2-1-7(5-9(8)14)10-6-11(17)16-3-4-18-12(16)15-10/h1-2,5-6H,3-4H2. The predicted octanol–water partition coefficient (Wildman–Crippen LogP) is 3.32. The minimum absolute atomic E-state index is 0.0222. The summed E-state index contributed by atoms with van der Waals surface area (Å²) in [7, 11) is 0. The summed E-state index contributed by atoms with van der Waals surface area (Å²) in [5.74, 6) is 0.896. The molecule has 0 saturated carbocycles. The molecule has 0 aliphatic carbocycles. The minimum Gasteiger partial charge on any atom is -0.287 e. The summed E-state index contributed by atoms with van der Waals surface area (Å²) in [6, 6.07) is 6.78. The summed E-state index contributed by atoms with van der Waals surface area (Å²) in [5.41, 5.74) is 1.42. The molecule has 0 unspecified atom stereocenters. The van der Waals surface area contributed by atoms with E-state index >= 15 is 0 Å². The number of hydrogen-bond donors (Lipinski definition) is 0. The highest BCUT2D eigenvalue weighted by atomic mass is 35.5. The van der Waals surface area contributed by atoms with Crippen molar-refractivity contribution in [3.63, 3.8) is 0 Å². The van der Waals surface area contributed by atoms with Crippen molar-refractivity contribution in [2.75, 3.05) is 5.75 Å². The van der Waals surface area contributed by atoms with Gasteiger partial charge >= 0.3 is 0 Å². The molecule has 3 rings (SSSR count). The van der Waals surface area contributed by atoms with Crippen LogP contribution in [-0.4, -0.2) is 15.3 Å². The van der Waals surface area contributed by atoms with E-state index < -0.39 is 0 Å². The largest absolute Gasteiger partial charge is 0.287 e. The van der Waals surface area contributed by atoms with Crippen molar-refractivity contribution in [1.82, 2.24) is 9.55 Å². The topological polar surface area (TPSA) is 34.9 Å². The van der Waals surface area contributed by atoms with Crippen LogP contribution in [0.1, 0.15) is 0 Å². The van der Waals surface area contributed by atoms with Crippen molar-refractivity contribution in [3.8, 4) is 11.3 Å². The lowest BCUT2D eigenvalue weighted by atomic mass is 10.1. The lowest BCUT2D eigenvalue weighted by Gasteiger charge is -2.05. The Morgan fingerprint density at radius 3 is 2.83 bits per heavy atom. The highest BCUT2D eigenvalue weighted by Gasteiger charge is 2.16. The van der Waals surface area contributed by atoms with Gasteiger partial charge in [-0.3, -0.25) is 9.36 Å². The fourth-order valence-corrected chi connectivity index (χ4v) is 3.09. The zero-order valence-electron chi connectivity index (χ0n) is 9.19. The molecule has 2 heterocycles. The molecule has 1 aromatic heterocycles. The first-order valence-electron chi connectivity index (χ1n) is 5.35. The zero-order chi connectivity index (χ0) is 12.7. The van der Waals surface area contributed by atoms with E-state index in [0.717, 1.165) is 23.0 Å². The van der Waals surface area contributed by atoms with Gasteiger partial charge in [0.15, 0.2) is 5.16 Å².